The third kappa shape index (κ3) is 8.34. The van der Waals surface area contributed by atoms with Crippen molar-refractivity contribution < 1.29 is 4.74 Å². The second kappa shape index (κ2) is 18.7. The Labute approximate surface area is 521 Å². The van der Waals surface area contributed by atoms with E-state index in [-0.39, 0.29) is 56.7 Å². The van der Waals surface area contributed by atoms with E-state index < -0.39 is 0 Å². The third-order valence-corrected chi connectivity index (χ3v) is 23.9. The molecule has 3 aliphatic heterocycles. The molecule has 0 amide bonds. The fraction of sp³-hybridized carbons (Fsp3) is 0.439. The minimum absolute atomic E-state index is 0.00354. The zero-order chi connectivity index (χ0) is 61.2. The molecule has 4 aliphatic carbocycles. The van der Waals surface area contributed by atoms with Crippen LogP contribution in [0.15, 0.2) is 156 Å². The van der Waals surface area contributed by atoms with Crippen molar-refractivity contribution >= 4 is 67.9 Å². The summed E-state index contributed by atoms with van der Waals surface area (Å²) in [5, 5.41) is 2.58. The SMILES string of the molecule is CC(C)c1ccc2c3ccc(C(C)(C)C)cc3n(-c3cc4c5c(c3)N(c3ccc(C(C)(C)C)cc3-c3ccccc3)C3C6=C(C=C7C(C)C8CCC(C)(C8)C7(C)C6)OC3B5c3cc5c(cc3N4c3ccc(C(C)(C)C)cc3)C(C)(C)CCC5(C)C)c2c1. The number of fused-ring (bicyclic) bond motifs is 13. The minimum atomic E-state index is -0.211. The lowest BCUT2D eigenvalue weighted by atomic mass is 9.32. The Kier molecular flexibility index (Phi) is 12.2. The Hall–Kier alpha value is -6.72. The number of aromatic nitrogens is 1. The van der Waals surface area contributed by atoms with Gasteiger partial charge in [0.2, 0.25) is 0 Å². The molecule has 15 rings (SSSR count). The molecule has 7 aromatic carbocycles. The lowest BCUT2D eigenvalue weighted by Crippen LogP contribution is -2.67. The van der Waals surface area contributed by atoms with Gasteiger partial charge in [-0.3, -0.25) is 0 Å². The van der Waals surface area contributed by atoms with Crippen molar-refractivity contribution in [2.45, 2.75) is 208 Å². The molecule has 2 saturated carbocycles. The summed E-state index contributed by atoms with van der Waals surface area (Å²) in [6.45, 7) is 43.8. The predicted molar refractivity (Wildman–Crippen MR) is 371 cm³/mol. The van der Waals surface area contributed by atoms with Crippen LogP contribution in [-0.4, -0.2) is 23.3 Å². The van der Waals surface area contributed by atoms with E-state index >= 15 is 0 Å². The molecule has 4 heterocycles. The molecule has 0 spiro atoms. The fourth-order valence-corrected chi connectivity index (χ4v) is 18.1. The minimum Gasteiger partial charge on any atom is -0.495 e. The van der Waals surface area contributed by atoms with Gasteiger partial charge in [-0.2, -0.15) is 0 Å². The van der Waals surface area contributed by atoms with E-state index in [9.17, 15) is 0 Å². The van der Waals surface area contributed by atoms with Crippen LogP contribution in [0.2, 0.25) is 0 Å². The van der Waals surface area contributed by atoms with Crippen molar-refractivity contribution in [3.8, 4) is 16.8 Å². The molecule has 1 aromatic heterocycles. The summed E-state index contributed by atoms with van der Waals surface area (Å²) in [7, 11) is 0. The topological polar surface area (TPSA) is 20.6 Å². The highest BCUT2D eigenvalue weighted by Crippen LogP contribution is 2.69. The summed E-state index contributed by atoms with van der Waals surface area (Å²) in [5.41, 5.74) is 26.7. The quantitative estimate of drug-likeness (QED) is 0.160. The average Bonchev–Trinajstić information content (AvgIpc) is 1.66. The van der Waals surface area contributed by atoms with Gasteiger partial charge in [0.1, 0.15) is 11.8 Å². The highest BCUT2D eigenvalue weighted by Gasteiger charge is 2.63. The summed E-state index contributed by atoms with van der Waals surface area (Å²) in [4.78, 5) is 5.59. The molecule has 6 unspecified atom stereocenters. The van der Waals surface area contributed by atoms with Gasteiger partial charge in [0, 0.05) is 44.8 Å². The highest BCUT2D eigenvalue weighted by molar-refractivity contribution is 6.91. The van der Waals surface area contributed by atoms with Crippen LogP contribution >= 0.6 is 0 Å². The maximum absolute atomic E-state index is 8.18. The van der Waals surface area contributed by atoms with Gasteiger partial charge in [-0.05, 0) is 210 Å². The van der Waals surface area contributed by atoms with E-state index in [1.54, 1.807) is 5.57 Å². The molecule has 2 bridgehead atoms. The molecule has 8 aromatic rings. The van der Waals surface area contributed by atoms with E-state index in [1.807, 2.05) is 0 Å². The number of benzene rings is 7. The van der Waals surface area contributed by atoms with Crippen LogP contribution in [0.5, 0.6) is 0 Å². The van der Waals surface area contributed by atoms with Crippen LogP contribution < -0.4 is 20.7 Å². The van der Waals surface area contributed by atoms with Crippen LogP contribution in [0.25, 0.3) is 38.6 Å². The van der Waals surface area contributed by atoms with Gasteiger partial charge in [-0.25, -0.2) is 0 Å². The van der Waals surface area contributed by atoms with Crippen molar-refractivity contribution in [2.75, 3.05) is 9.80 Å². The zero-order valence-corrected chi connectivity index (χ0v) is 55.7. The molecule has 2 fully saturated rings. The maximum Gasteiger partial charge on any atom is 0.267 e. The molecule has 6 atom stereocenters. The number of rotatable bonds is 5. The first-order valence-electron chi connectivity index (χ1n) is 33.4. The lowest BCUT2D eigenvalue weighted by Gasteiger charge is -2.55. The molecule has 7 aliphatic rings. The van der Waals surface area contributed by atoms with Crippen LogP contribution in [0.3, 0.4) is 0 Å². The van der Waals surface area contributed by atoms with Crippen LogP contribution in [-0.2, 0) is 31.8 Å². The number of hydrogen-bond donors (Lipinski definition) is 0. The molecule has 4 nitrogen and oxygen atoms in total. The Bertz CT molecular complexity index is 4260. The van der Waals surface area contributed by atoms with Gasteiger partial charge in [0.25, 0.3) is 6.71 Å². The normalized spacial score (nSPS) is 25.0. The van der Waals surface area contributed by atoms with Gasteiger partial charge in [-0.1, -0.05) is 209 Å². The third-order valence-electron chi connectivity index (χ3n) is 23.9. The maximum atomic E-state index is 8.18. The van der Waals surface area contributed by atoms with Gasteiger partial charge in [0.05, 0.1) is 22.8 Å². The summed E-state index contributed by atoms with van der Waals surface area (Å²) < 4.78 is 10.9. The molecular formula is C82H94BN3O. The van der Waals surface area contributed by atoms with E-state index in [4.69, 9.17) is 4.74 Å². The Morgan fingerprint density at radius 3 is 1.86 bits per heavy atom. The molecule has 0 N–H and O–H groups in total. The number of allylic oxidation sites excluding steroid dienone is 2. The largest absolute Gasteiger partial charge is 0.495 e. The smallest absolute Gasteiger partial charge is 0.267 e. The second-order valence-electron chi connectivity index (χ2n) is 33.6. The van der Waals surface area contributed by atoms with E-state index in [0.29, 0.717) is 11.8 Å². The summed E-state index contributed by atoms with van der Waals surface area (Å²) in [6, 6.07) is 53.5. The Morgan fingerprint density at radius 2 is 1.20 bits per heavy atom. The van der Waals surface area contributed by atoms with Crippen LogP contribution in [0.1, 0.15) is 202 Å². The molecular weight excluding hydrogens is 1050 g/mol. The van der Waals surface area contributed by atoms with Crippen molar-refractivity contribution in [3.63, 3.8) is 0 Å². The van der Waals surface area contributed by atoms with Crippen molar-refractivity contribution in [1.82, 2.24) is 4.57 Å². The fourth-order valence-electron chi connectivity index (χ4n) is 18.1. The first kappa shape index (κ1) is 56.8. The van der Waals surface area contributed by atoms with E-state index in [0.717, 1.165) is 30.9 Å². The monoisotopic (exact) mass is 1150 g/mol. The molecule has 0 saturated heterocycles. The summed E-state index contributed by atoms with van der Waals surface area (Å²) in [6.07, 6.45) is 9.84. The van der Waals surface area contributed by atoms with Crippen LogP contribution in [0, 0.1) is 22.7 Å². The predicted octanol–water partition coefficient (Wildman–Crippen LogP) is 20.7. The second-order valence-corrected chi connectivity index (χ2v) is 33.6. The van der Waals surface area contributed by atoms with Gasteiger partial charge >= 0.3 is 0 Å². The summed E-state index contributed by atoms with van der Waals surface area (Å²) >= 11 is 0. The van der Waals surface area contributed by atoms with Crippen molar-refractivity contribution in [1.29, 1.82) is 0 Å². The molecule has 446 valence electrons. The number of hydrogen-bond acceptors (Lipinski definition) is 3. The Balaban J connectivity index is 1.12. The summed E-state index contributed by atoms with van der Waals surface area (Å²) in [5.74, 6) is 2.75. The molecule has 87 heavy (non-hydrogen) atoms. The first-order chi connectivity index (χ1) is 41.0. The van der Waals surface area contributed by atoms with E-state index in [1.165, 1.54) is 136 Å². The van der Waals surface area contributed by atoms with Crippen molar-refractivity contribution in [3.05, 3.63) is 190 Å². The Morgan fingerprint density at radius 1 is 0.586 bits per heavy atom. The van der Waals surface area contributed by atoms with Gasteiger partial charge in [-0.15, -0.1) is 0 Å². The highest BCUT2D eigenvalue weighted by atomic mass is 16.5. The van der Waals surface area contributed by atoms with E-state index in [2.05, 4.69) is 279 Å². The molecule has 5 heteroatoms. The number of nitrogens with zero attached hydrogens (tertiary/aromatic N) is 3. The first-order valence-corrected chi connectivity index (χ1v) is 33.4. The number of ether oxygens (including phenoxy) is 1. The standard InChI is InChI=1S/C82H94BN3O/c1-48(2)51-24-31-58-59-32-27-55(78(10,11)12)40-68(59)85(67(58)38-51)57-41-70-73-71(42-57)86(66-33-28-54(77(7,8)9)39-60(66)50-22-20-19-21-23-50)74-61-47-82(18)62(49(3)52-34-35-81(82,17)46-52)45-72(61)87-75(74)83(73)65-43-63-64(80(15,16)37-36-79(63,13)14)44-69(65)84(70)56-29-25-53(26-30-56)76(4,5)6/h19-33,38-45,48-49,52,74-75H,34-37,46-47H2,1-18H3. The zero-order valence-electron chi connectivity index (χ0n) is 55.7. The average molecular weight is 1150 g/mol. The van der Waals surface area contributed by atoms with Gasteiger partial charge < -0.3 is 19.1 Å². The lowest BCUT2D eigenvalue weighted by molar-refractivity contribution is 0.0611. The van der Waals surface area contributed by atoms with Gasteiger partial charge in [0.15, 0.2) is 0 Å². The van der Waals surface area contributed by atoms with Crippen molar-refractivity contribution in [2.24, 2.45) is 22.7 Å². The van der Waals surface area contributed by atoms with Crippen LogP contribution in [0.4, 0.5) is 28.4 Å². The molecule has 0 radical (unpaired) electrons. The number of anilines is 5.